The van der Waals surface area contributed by atoms with Crippen LogP contribution in [-0.2, 0) is 0 Å². The minimum absolute atomic E-state index is 0.110. The summed E-state index contributed by atoms with van der Waals surface area (Å²) in [7, 11) is 3.51. The lowest BCUT2D eigenvalue weighted by atomic mass is 9.75. The van der Waals surface area contributed by atoms with Crippen LogP contribution >= 0.6 is 0 Å². The topological polar surface area (TPSA) is 21.3 Å². The largest absolute Gasteiger partial charge is 0.497 e. The Balaban J connectivity index is 2.06. The lowest BCUT2D eigenvalue weighted by molar-refractivity contribution is 0.217. The molecule has 1 unspecified atom stereocenters. The summed E-state index contributed by atoms with van der Waals surface area (Å²) in [4.78, 5) is 0. The monoisotopic (exact) mass is 293 g/mol. The van der Waals surface area contributed by atoms with Gasteiger partial charge in [-0.1, -0.05) is 38.7 Å². The van der Waals surface area contributed by atoms with Gasteiger partial charge in [0.25, 0.3) is 0 Å². The second kappa shape index (κ2) is 7.79. The van der Waals surface area contributed by atoms with E-state index in [0.717, 1.165) is 11.5 Å². The fraction of sp³-hybridized carbons (Fsp3) is 0.667. The maximum absolute atomic E-state index is 14.3. The van der Waals surface area contributed by atoms with Crippen LogP contribution in [0.3, 0.4) is 0 Å². The van der Waals surface area contributed by atoms with Crippen molar-refractivity contribution in [2.24, 2.45) is 11.8 Å². The van der Waals surface area contributed by atoms with E-state index in [1.54, 1.807) is 7.11 Å². The second-order valence-corrected chi connectivity index (χ2v) is 6.22. The summed E-state index contributed by atoms with van der Waals surface area (Å²) in [5.74, 6) is 1.83. The van der Waals surface area contributed by atoms with Crippen molar-refractivity contribution in [1.29, 1.82) is 0 Å². The van der Waals surface area contributed by atoms with Crippen LogP contribution in [0, 0.1) is 17.7 Å². The van der Waals surface area contributed by atoms with Crippen LogP contribution in [0.25, 0.3) is 0 Å². The van der Waals surface area contributed by atoms with Gasteiger partial charge in [0.05, 0.1) is 7.11 Å². The lowest BCUT2D eigenvalue weighted by Crippen LogP contribution is -2.29. The highest BCUT2D eigenvalue weighted by Gasteiger charge is 2.29. The van der Waals surface area contributed by atoms with Gasteiger partial charge in [-0.05, 0) is 37.8 Å². The summed E-state index contributed by atoms with van der Waals surface area (Å²) in [6.07, 6.45) is 7.58. The summed E-state index contributed by atoms with van der Waals surface area (Å²) in [5, 5.41) is 3.33. The molecule has 0 saturated heterocycles. The van der Waals surface area contributed by atoms with E-state index in [0.29, 0.717) is 11.7 Å². The van der Waals surface area contributed by atoms with Crippen LogP contribution in [0.5, 0.6) is 5.75 Å². The Morgan fingerprint density at radius 2 is 2.00 bits per heavy atom. The molecule has 0 heterocycles. The zero-order valence-electron chi connectivity index (χ0n) is 13.5. The van der Waals surface area contributed by atoms with Gasteiger partial charge in [0, 0.05) is 17.7 Å². The highest BCUT2D eigenvalue weighted by Crippen LogP contribution is 2.39. The Labute approximate surface area is 128 Å². The molecular formula is C18H28FNO. The van der Waals surface area contributed by atoms with E-state index >= 15 is 0 Å². The number of rotatable bonds is 6. The molecule has 1 aromatic rings. The van der Waals surface area contributed by atoms with Crippen molar-refractivity contribution in [3.63, 3.8) is 0 Å². The van der Waals surface area contributed by atoms with Crippen LogP contribution in [0.2, 0.25) is 0 Å². The molecule has 0 amide bonds. The van der Waals surface area contributed by atoms with Gasteiger partial charge in [-0.15, -0.1) is 0 Å². The van der Waals surface area contributed by atoms with Gasteiger partial charge in [-0.3, -0.25) is 0 Å². The minimum Gasteiger partial charge on any atom is -0.497 e. The Morgan fingerprint density at radius 3 is 2.52 bits per heavy atom. The zero-order chi connectivity index (χ0) is 15.2. The quantitative estimate of drug-likeness (QED) is 0.820. The first-order valence-corrected chi connectivity index (χ1v) is 8.20. The number of hydrogen-bond acceptors (Lipinski definition) is 2. The Kier molecular flexibility index (Phi) is 6.04. The smallest absolute Gasteiger partial charge is 0.131 e. The van der Waals surface area contributed by atoms with Crippen molar-refractivity contribution in [3.05, 3.63) is 29.6 Å². The fourth-order valence-corrected chi connectivity index (χ4v) is 3.75. The standard InChI is InChI=1S/C18H28FNO/c1-4-5-13-6-8-14(9-7-13)18(20-2)16-11-10-15(21-3)12-17(16)19/h10-14,18,20H,4-9H2,1-3H3. The van der Waals surface area contributed by atoms with E-state index < -0.39 is 0 Å². The highest BCUT2D eigenvalue weighted by molar-refractivity contribution is 5.31. The molecule has 21 heavy (non-hydrogen) atoms. The van der Waals surface area contributed by atoms with Crippen molar-refractivity contribution < 1.29 is 9.13 Å². The van der Waals surface area contributed by atoms with Crippen LogP contribution in [0.4, 0.5) is 4.39 Å². The molecular weight excluding hydrogens is 265 g/mol. The van der Waals surface area contributed by atoms with Crippen LogP contribution in [-0.4, -0.2) is 14.2 Å². The van der Waals surface area contributed by atoms with Gasteiger partial charge >= 0.3 is 0 Å². The molecule has 1 atom stereocenters. The zero-order valence-corrected chi connectivity index (χ0v) is 13.5. The number of ether oxygens (including phenoxy) is 1. The second-order valence-electron chi connectivity index (χ2n) is 6.22. The average molecular weight is 293 g/mol. The lowest BCUT2D eigenvalue weighted by Gasteiger charge is -2.34. The Morgan fingerprint density at radius 1 is 1.29 bits per heavy atom. The number of nitrogens with one attached hydrogen (secondary N) is 1. The third-order valence-electron chi connectivity index (χ3n) is 4.91. The SMILES string of the molecule is CCCC1CCC(C(NC)c2ccc(OC)cc2F)CC1. The van der Waals surface area contributed by atoms with E-state index in [1.807, 2.05) is 19.2 Å². The molecule has 1 saturated carbocycles. The van der Waals surface area contributed by atoms with Gasteiger partial charge in [-0.25, -0.2) is 4.39 Å². The van der Waals surface area contributed by atoms with Crippen molar-refractivity contribution in [3.8, 4) is 5.75 Å². The van der Waals surface area contributed by atoms with Crippen molar-refractivity contribution in [2.45, 2.75) is 51.5 Å². The first-order chi connectivity index (χ1) is 10.2. The van der Waals surface area contributed by atoms with E-state index in [-0.39, 0.29) is 11.9 Å². The first-order valence-electron chi connectivity index (χ1n) is 8.20. The number of hydrogen-bond donors (Lipinski definition) is 1. The molecule has 0 aromatic heterocycles. The third kappa shape index (κ3) is 3.97. The average Bonchev–Trinajstić information content (AvgIpc) is 2.51. The fourth-order valence-electron chi connectivity index (χ4n) is 3.75. The molecule has 1 aromatic carbocycles. The molecule has 1 aliphatic carbocycles. The number of methoxy groups -OCH3 is 1. The molecule has 0 bridgehead atoms. The highest BCUT2D eigenvalue weighted by atomic mass is 19.1. The number of benzene rings is 1. The predicted molar refractivity (Wildman–Crippen MR) is 85.1 cm³/mol. The molecule has 118 valence electrons. The normalized spacial score (nSPS) is 23.8. The summed E-state index contributed by atoms with van der Waals surface area (Å²) >= 11 is 0. The van der Waals surface area contributed by atoms with Crippen molar-refractivity contribution in [2.75, 3.05) is 14.2 Å². The Hall–Kier alpha value is -1.09. The van der Waals surface area contributed by atoms with Gasteiger partial charge in [0.15, 0.2) is 0 Å². The molecule has 0 aliphatic heterocycles. The van der Waals surface area contributed by atoms with Gasteiger partial charge in [-0.2, -0.15) is 0 Å². The predicted octanol–water partition coefficient (Wildman–Crippen LogP) is 4.70. The van der Waals surface area contributed by atoms with E-state index in [9.17, 15) is 4.39 Å². The summed E-state index contributed by atoms with van der Waals surface area (Å²) in [5.41, 5.74) is 0.775. The molecule has 3 heteroatoms. The minimum atomic E-state index is -0.163. The van der Waals surface area contributed by atoms with Crippen molar-refractivity contribution in [1.82, 2.24) is 5.32 Å². The molecule has 1 fully saturated rings. The maximum atomic E-state index is 14.3. The summed E-state index contributed by atoms with van der Waals surface area (Å²) < 4.78 is 19.4. The molecule has 0 spiro atoms. The Bertz CT molecular complexity index is 441. The van der Waals surface area contributed by atoms with Crippen LogP contribution < -0.4 is 10.1 Å². The molecule has 1 N–H and O–H groups in total. The number of halogens is 1. The van der Waals surface area contributed by atoms with Crippen LogP contribution in [0.15, 0.2) is 18.2 Å². The summed E-state index contributed by atoms with van der Waals surface area (Å²) in [6, 6.07) is 5.32. The molecule has 2 rings (SSSR count). The molecule has 1 aliphatic rings. The van der Waals surface area contributed by atoms with E-state index in [4.69, 9.17) is 4.74 Å². The van der Waals surface area contributed by atoms with Gasteiger partial charge in [0.2, 0.25) is 0 Å². The van der Waals surface area contributed by atoms with E-state index in [1.165, 1.54) is 44.6 Å². The van der Waals surface area contributed by atoms with E-state index in [2.05, 4.69) is 12.2 Å². The van der Waals surface area contributed by atoms with Gasteiger partial charge in [0.1, 0.15) is 11.6 Å². The molecule has 2 nitrogen and oxygen atoms in total. The van der Waals surface area contributed by atoms with Crippen molar-refractivity contribution >= 4 is 0 Å². The van der Waals surface area contributed by atoms with Gasteiger partial charge < -0.3 is 10.1 Å². The van der Waals surface area contributed by atoms with Crippen LogP contribution in [0.1, 0.15) is 57.1 Å². The maximum Gasteiger partial charge on any atom is 0.131 e. The summed E-state index contributed by atoms with van der Waals surface area (Å²) in [6.45, 7) is 2.26. The third-order valence-corrected chi connectivity index (χ3v) is 4.91. The molecule has 0 radical (unpaired) electrons. The first kappa shape index (κ1) is 16.3.